The molecule has 0 aromatic carbocycles. The van der Waals surface area contributed by atoms with E-state index in [-0.39, 0.29) is 5.95 Å². The number of aryl methyl sites for hydroxylation is 1. The Morgan fingerprint density at radius 2 is 2.00 bits per heavy atom. The Bertz CT molecular complexity index is 393. The first-order valence-corrected chi connectivity index (χ1v) is 4.36. The molecular formula is C10H13FN2. The van der Waals surface area contributed by atoms with Gasteiger partial charge in [0.1, 0.15) is 0 Å². The summed E-state index contributed by atoms with van der Waals surface area (Å²) in [6.45, 7) is 5.83. The third-order valence-electron chi connectivity index (χ3n) is 1.62. The summed E-state index contributed by atoms with van der Waals surface area (Å²) >= 11 is 0. The number of nitrogens with zero attached hydrogens (tertiary/aromatic N) is 2. The van der Waals surface area contributed by atoms with Crippen molar-refractivity contribution in [1.82, 2.24) is 9.38 Å². The van der Waals surface area contributed by atoms with Gasteiger partial charge in [-0.25, -0.2) is 0 Å². The molecule has 0 unspecified atom stereocenters. The van der Waals surface area contributed by atoms with Gasteiger partial charge in [-0.2, -0.15) is 4.39 Å². The Morgan fingerprint density at radius 3 is 2.69 bits per heavy atom. The molecule has 0 saturated carbocycles. The van der Waals surface area contributed by atoms with E-state index >= 15 is 0 Å². The Kier molecular flexibility index (Phi) is 3.01. The van der Waals surface area contributed by atoms with Crippen molar-refractivity contribution in [2.75, 3.05) is 0 Å². The van der Waals surface area contributed by atoms with E-state index in [1.165, 1.54) is 10.5 Å². The summed E-state index contributed by atoms with van der Waals surface area (Å²) in [4.78, 5) is 4.03. The van der Waals surface area contributed by atoms with Crippen LogP contribution in [0.2, 0.25) is 0 Å². The Labute approximate surface area is 77.0 Å². The molecule has 0 saturated heterocycles. The van der Waals surface area contributed by atoms with E-state index in [0.29, 0.717) is 0 Å². The van der Waals surface area contributed by atoms with Crippen molar-refractivity contribution in [3.63, 3.8) is 0 Å². The smallest absolute Gasteiger partial charge is 0.198 e. The van der Waals surface area contributed by atoms with Gasteiger partial charge in [0.15, 0.2) is 5.95 Å². The highest BCUT2D eigenvalue weighted by molar-refractivity contribution is 5.45. The van der Waals surface area contributed by atoms with Crippen LogP contribution in [-0.2, 0) is 0 Å². The molecular weight excluding hydrogens is 167 g/mol. The average molecular weight is 180 g/mol. The Balaban J connectivity index is 0.000000396. The lowest BCUT2D eigenvalue weighted by Crippen LogP contribution is -1.90. The first-order chi connectivity index (χ1) is 6.27. The first kappa shape index (κ1) is 9.71. The van der Waals surface area contributed by atoms with E-state index in [4.69, 9.17) is 0 Å². The van der Waals surface area contributed by atoms with Crippen LogP contribution in [0.3, 0.4) is 0 Å². The zero-order valence-electron chi connectivity index (χ0n) is 8.08. The van der Waals surface area contributed by atoms with Crippen molar-refractivity contribution < 1.29 is 4.39 Å². The lowest BCUT2D eigenvalue weighted by Gasteiger charge is -1.95. The van der Waals surface area contributed by atoms with Crippen molar-refractivity contribution in [2.45, 2.75) is 20.8 Å². The standard InChI is InChI=1S/C8H7FN2.C2H6/c1-6-5-11-7(4-10-6)2-3-8(11)9;1-2/h2-5H,1H3;1-2H3. The third-order valence-corrected chi connectivity index (χ3v) is 1.62. The molecule has 0 aliphatic rings. The summed E-state index contributed by atoms with van der Waals surface area (Å²) < 4.78 is 14.3. The monoisotopic (exact) mass is 180 g/mol. The van der Waals surface area contributed by atoms with Gasteiger partial charge in [-0.15, -0.1) is 0 Å². The minimum absolute atomic E-state index is 0.245. The van der Waals surface area contributed by atoms with Crippen LogP contribution in [0.1, 0.15) is 19.5 Å². The summed E-state index contributed by atoms with van der Waals surface area (Å²) in [5, 5.41) is 0. The maximum atomic E-state index is 12.9. The van der Waals surface area contributed by atoms with Gasteiger partial charge in [0.05, 0.1) is 17.4 Å². The lowest BCUT2D eigenvalue weighted by molar-refractivity contribution is 0.572. The molecule has 3 heteroatoms. The molecule has 0 amide bonds. The molecule has 2 nitrogen and oxygen atoms in total. The summed E-state index contributed by atoms with van der Waals surface area (Å²) in [5.74, 6) is -0.245. The molecule has 70 valence electrons. The molecule has 0 atom stereocenters. The minimum atomic E-state index is -0.245. The van der Waals surface area contributed by atoms with Crippen molar-refractivity contribution >= 4 is 5.52 Å². The first-order valence-electron chi connectivity index (χ1n) is 4.36. The molecule has 0 bridgehead atoms. The van der Waals surface area contributed by atoms with Crippen molar-refractivity contribution in [2.24, 2.45) is 0 Å². The molecule has 0 fully saturated rings. The predicted octanol–water partition coefficient (Wildman–Crippen LogP) is 2.81. The van der Waals surface area contributed by atoms with Crippen LogP contribution < -0.4 is 0 Å². The Morgan fingerprint density at radius 1 is 1.31 bits per heavy atom. The van der Waals surface area contributed by atoms with E-state index in [0.717, 1.165) is 11.2 Å². The molecule has 2 aromatic heterocycles. The normalized spacial score (nSPS) is 9.54. The third kappa shape index (κ3) is 1.86. The topological polar surface area (TPSA) is 17.3 Å². The van der Waals surface area contributed by atoms with Crippen LogP contribution in [0, 0.1) is 12.9 Å². The van der Waals surface area contributed by atoms with Gasteiger partial charge < -0.3 is 0 Å². The van der Waals surface area contributed by atoms with E-state index in [1.54, 1.807) is 18.5 Å². The molecule has 0 aliphatic carbocycles. The predicted molar refractivity (Wildman–Crippen MR) is 51.2 cm³/mol. The second-order valence-electron chi connectivity index (χ2n) is 2.48. The van der Waals surface area contributed by atoms with E-state index in [1.807, 2.05) is 20.8 Å². The van der Waals surface area contributed by atoms with Crippen molar-refractivity contribution in [3.8, 4) is 0 Å². The van der Waals surface area contributed by atoms with Gasteiger partial charge in [0.25, 0.3) is 0 Å². The molecule has 0 aliphatic heterocycles. The van der Waals surface area contributed by atoms with Gasteiger partial charge in [-0.05, 0) is 19.1 Å². The highest BCUT2D eigenvalue weighted by atomic mass is 19.1. The zero-order valence-corrected chi connectivity index (χ0v) is 8.08. The summed E-state index contributed by atoms with van der Waals surface area (Å²) in [5.41, 5.74) is 1.60. The van der Waals surface area contributed by atoms with E-state index in [2.05, 4.69) is 4.98 Å². The summed E-state index contributed by atoms with van der Waals surface area (Å²) in [6, 6.07) is 3.12. The SMILES string of the molecule is CC.Cc1cn2c(F)ccc2cn1. The largest absolute Gasteiger partial charge is 0.290 e. The van der Waals surface area contributed by atoms with Gasteiger partial charge in [0.2, 0.25) is 0 Å². The van der Waals surface area contributed by atoms with Gasteiger partial charge in [-0.3, -0.25) is 9.38 Å². The molecule has 0 radical (unpaired) electrons. The van der Waals surface area contributed by atoms with E-state index in [9.17, 15) is 4.39 Å². The summed E-state index contributed by atoms with van der Waals surface area (Å²) in [6.07, 6.45) is 3.32. The summed E-state index contributed by atoms with van der Waals surface area (Å²) in [7, 11) is 0. The minimum Gasteiger partial charge on any atom is -0.290 e. The van der Waals surface area contributed by atoms with Crippen LogP contribution in [0.15, 0.2) is 24.5 Å². The highest BCUT2D eigenvalue weighted by Crippen LogP contribution is 2.07. The average Bonchev–Trinajstić information content (AvgIpc) is 2.52. The van der Waals surface area contributed by atoms with Crippen molar-refractivity contribution in [3.05, 3.63) is 36.2 Å². The number of aromatic nitrogens is 2. The molecule has 13 heavy (non-hydrogen) atoms. The second kappa shape index (κ2) is 4.03. The fourth-order valence-corrected chi connectivity index (χ4v) is 1.07. The fraction of sp³-hybridized carbons (Fsp3) is 0.300. The molecule has 2 rings (SSSR count). The maximum absolute atomic E-state index is 12.9. The van der Waals surface area contributed by atoms with Crippen LogP contribution in [-0.4, -0.2) is 9.38 Å². The zero-order chi connectivity index (χ0) is 9.84. The van der Waals surface area contributed by atoms with Gasteiger partial charge in [0, 0.05) is 6.20 Å². The molecule has 2 aromatic rings. The van der Waals surface area contributed by atoms with Crippen LogP contribution in [0.25, 0.3) is 5.52 Å². The van der Waals surface area contributed by atoms with Gasteiger partial charge >= 0.3 is 0 Å². The van der Waals surface area contributed by atoms with Crippen LogP contribution in [0.4, 0.5) is 4.39 Å². The molecule has 0 spiro atoms. The van der Waals surface area contributed by atoms with Crippen molar-refractivity contribution in [1.29, 1.82) is 0 Å². The number of halogens is 1. The van der Waals surface area contributed by atoms with E-state index < -0.39 is 0 Å². The maximum Gasteiger partial charge on any atom is 0.198 e. The quantitative estimate of drug-likeness (QED) is 0.609. The fourth-order valence-electron chi connectivity index (χ4n) is 1.07. The highest BCUT2D eigenvalue weighted by Gasteiger charge is 1.98. The molecule has 2 heterocycles. The van der Waals surface area contributed by atoms with Crippen LogP contribution >= 0.6 is 0 Å². The molecule has 0 N–H and O–H groups in total. The van der Waals surface area contributed by atoms with Gasteiger partial charge in [-0.1, -0.05) is 13.8 Å². The number of hydrogen-bond acceptors (Lipinski definition) is 1. The second-order valence-corrected chi connectivity index (χ2v) is 2.48. The van der Waals surface area contributed by atoms with Crippen LogP contribution in [0.5, 0.6) is 0 Å². The number of fused-ring (bicyclic) bond motifs is 1. The number of hydrogen-bond donors (Lipinski definition) is 0. The lowest BCUT2D eigenvalue weighted by atomic mass is 10.5. The Hall–Kier alpha value is -1.38. The number of rotatable bonds is 0.